The normalized spacial score (nSPS) is 10.1. The van der Waals surface area contributed by atoms with Crippen molar-refractivity contribution >= 4 is 33.7 Å². The maximum absolute atomic E-state index is 11.9. The maximum atomic E-state index is 11.9. The van der Waals surface area contributed by atoms with E-state index < -0.39 is 0 Å². The lowest BCUT2D eigenvalue weighted by atomic mass is 10.1. The number of rotatable bonds is 4. The largest absolute Gasteiger partial charge is 0.302 e. The van der Waals surface area contributed by atoms with Crippen molar-refractivity contribution in [1.82, 2.24) is 4.98 Å². The number of nitrogens with one attached hydrogen (secondary N) is 1. The van der Waals surface area contributed by atoms with Gasteiger partial charge < -0.3 is 5.32 Å². The van der Waals surface area contributed by atoms with Crippen molar-refractivity contribution < 1.29 is 4.79 Å². The number of nitrogens with zero attached hydrogens (tertiary/aromatic N) is 2. The van der Waals surface area contributed by atoms with Crippen LogP contribution < -0.4 is 5.32 Å². The summed E-state index contributed by atoms with van der Waals surface area (Å²) >= 11 is 2.95. The molecule has 1 aromatic carbocycles. The van der Waals surface area contributed by atoms with E-state index in [-0.39, 0.29) is 5.91 Å². The van der Waals surface area contributed by atoms with Gasteiger partial charge in [0.1, 0.15) is 0 Å². The molecule has 108 valence electrons. The number of hydrogen-bond donors (Lipinski definition) is 1. The van der Waals surface area contributed by atoms with Crippen LogP contribution in [0.5, 0.6) is 0 Å². The SMILES string of the molecule is N#Cc1ccc(-c2csc(NC(=O)Cc3cccs3)n2)cc1. The van der Waals surface area contributed by atoms with Crippen LogP contribution in [-0.4, -0.2) is 10.9 Å². The van der Waals surface area contributed by atoms with Gasteiger partial charge in [-0.25, -0.2) is 4.98 Å². The van der Waals surface area contributed by atoms with E-state index in [1.165, 1.54) is 11.3 Å². The fraction of sp³-hybridized carbons (Fsp3) is 0.0625. The second-order valence-electron chi connectivity index (χ2n) is 4.53. The summed E-state index contributed by atoms with van der Waals surface area (Å²) in [6.45, 7) is 0. The first kappa shape index (κ1) is 14.4. The molecule has 3 rings (SSSR count). The fourth-order valence-corrected chi connectivity index (χ4v) is 3.35. The highest BCUT2D eigenvalue weighted by molar-refractivity contribution is 7.14. The van der Waals surface area contributed by atoms with Gasteiger partial charge in [-0.1, -0.05) is 18.2 Å². The van der Waals surface area contributed by atoms with Crippen LogP contribution in [-0.2, 0) is 11.2 Å². The first-order valence-corrected chi connectivity index (χ1v) is 8.29. The zero-order valence-corrected chi connectivity index (χ0v) is 13.1. The van der Waals surface area contributed by atoms with Gasteiger partial charge in [0.15, 0.2) is 5.13 Å². The van der Waals surface area contributed by atoms with Crippen molar-refractivity contribution in [3.05, 3.63) is 57.6 Å². The summed E-state index contributed by atoms with van der Waals surface area (Å²) < 4.78 is 0. The Morgan fingerprint density at radius 3 is 2.73 bits per heavy atom. The Kier molecular flexibility index (Phi) is 4.28. The molecule has 0 aliphatic carbocycles. The van der Waals surface area contributed by atoms with E-state index in [0.29, 0.717) is 17.1 Å². The molecule has 2 aromatic heterocycles. The fourth-order valence-electron chi connectivity index (χ4n) is 1.91. The van der Waals surface area contributed by atoms with Gasteiger partial charge in [0.2, 0.25) is 5.91 Å². The average Bonchev–Trinajstić information content (AvgIpc) is 3.19. The number of carbonyl (C=O) groups is 1. The molecule has 0 radical (unpaired) electrons. The third-order valence-corrected chi connectivity index (χ3v) is 4.61. The average molecular weight is 325 g/mol. The highest BCUT2D eigenvalue weighted by Gasteiger charge is 2.09. The molecule has 0 fully saturated rings. The van der Waals surface area contributed by atoms with Gasteiger partial charge in [0.05, 0.1) is 23.7 Å². The van der Waals surface area contributed by atoms with Crippen LogP contribution in [0.3, 0.4) is 0 Å². The van der Waals surface area contributed by atoms with Gasteiger partial charge in [0.25, 0.3) is 0 Å². The van der Waals surface area contributed by atoms with Gasteiger partial charge >= 0.3 is 0 Å². The number of aromatic nitrogens is 1. The lowest BCUT2D eigenvalue weighted by Crippen LogP contribution is -2.13. The van der Waals surface area contributed by atoms with Crippen LogP contribution in [0, 0.1) is 11.3 Å². The Morgan fingerprint density at radius 2 is 2.05 bits per heavy atom. The maximum Gasteiger partial charge on any atom is 0.231 e. The van der Waals surface area contributed by atoms with E-state index in [9.17, 15) is 4.79 Å². The second kappa shape index (κ2) is 6.52. The third-order valence-electron chi connectivity index (χ3n) is 2.98. The summed E-state index contributed by atoms with van der Waals surface area (Å²) in [4.78, 5) is 17.4. The highest BCUT2D eigenvalue weighted by atomic mass is 32.1. The molecule has 0 saturated heterocycles. The predicted molar refractivity (Wildman–Crippen MR) is 88.9 cm³/mol. The lowest BCUT2D eigenvalue weighted by molar-refractivity contribution is -0.115. The molecule has 0 spiro atoms. The Hall–Kier alpha value is -2.49. The molecule has 0 saturated carbocycles. The standard InChI is InChI=1S/C16H11N3OS2/c17-9-11-3-5-12(6-4-11)14-10-22-16(18-14)19-15(20)8-13-2-1-7-21-13/h1-7,10H,8H2,(H,18,19,20). The summed E-state index contributed by atoms with van der Waals surface area (Å²) in [6.07, 6.45) is 0.365. The number of thiazole rings is 1. The van der Waals surface area contributed by atoms with E-state index in [0.717, 1.165) is 16.1 Å². The van der Waals surface area contributed by atoms with Gasteiger partial charge in [-0.2, -0.15) is 5.26 Å². The van der Waals surface area contributed by atoms with Gasteiger partial charge in [-0.15, -0.1) is 22.7 Å². The molecule has 1 amide bonds. The molecule has 2 heterocycles. The van der Waals surface area contributed by atoms with E-state index in [4.69, 9.17) is 5.26 Å². The summed E-state index contributed by atoms with van der Waals surface area (Å²) in [6, 6.07) is 13.2. The summed E-state index contributed by atoms with van der Waals surface area (Å²) in [5.41, 5.74) is 2.33. The minimum Gasteiger partial charge on any atom is -0.302 e. The second-order valence-corrected chi connectivity index (χ2v) is 6.42. The molecule has 6 heteroatoms. The molecule has 22 heavy (non-hydrogen) atoms. The molecular formula is C16H11N3OS2. The molecule has 0 bridgehead atoms. The van der Waals surface area contributed by atoms with Crippen molar-refractivity contribution in [2.45, 2.75) is 6.42 Å². The van der Waals surface area contributed by atoms with Crippen LogP contribution in [0.4, 0.5) is 5.13 Å². The molecule has 4 nitrogen and oxygen atoms in total. The number of hydrogen-bond acceptors (Lipinski definition) is 5. The molecule has 3 aromatic rings. The number of amides is 1. The number of benzene rings is 1. The minimum absolute atomic E-state index is 0.0665. The van der Waals surface area contributed by atoms with E-state index in [1.54, 1.807) is 23.5 Å². The number of thiophene rings is 1. The number of anilines is 1. The van der Waals surface area contributed by atoms with Crippen molar-refractivity contribution in [1.29, 1.82) is 5.26 Å². The number of carbonyl (C=O) groups excluding carboxylic acids is 1. The summed E-state index contributed by atoms with van der Waals surface area (Å²) in [5.74, 6) is -0.0665. The Morgan fingerprint density at radius 1 is 1.23 bits per heavy atom. The van der Waals surface area contributed by atoms with Crippen LogP contribution >= 0.6 is 22.7 Å². The summed E-state index contributed by atoms with van der Waals surface area (Å²) in [7, 11) is 0. The monoisotopic (exact) mass is 325 g/mol. The summed E-state index contributed by atoms with van der Waals surface area (Å²) in [5, 5.41) is 16.0. The molecule has 0 unspecified atom stereocenters. The van der Waals surface area contributed by atoms with Gasteiger partial charge in [-0.05, 0) is 23.6 Å². The van der Waals surface area contributed by atoms with Crippen LogP contribution in [0.2, 0.25) is 0 Å². The zero-order chi connectivity index (χ0) is 15.4. The Balaban J connectivity index is 1.68. The predicted octanol–water partition coefficient (Wildman–Crippen LogP) is 3.92. The Bertz CT molecular complexity index is 814. The van der Waals surface area contributed by atoms with Crippen molar-refractivity contribution in [3.8, 4) is 17.3 Å². The van der Waals surface area contributed by atoms with E-state index >= 15 is 0 Å². The van der Waals surface area contributed by atoms with Crippen molar-refractivity contribution in [3.63, 3.8) is 0 Å². The van der Waals surface area contributed by atoms with Crippen LogP contribution in [0.15, 0.2) is 47.2 Å². The first-order chi connectivity index (χ1) is 10.7. The van der Waals surface area contributed by atoms with Crippen LogP contribution in [0.25, 0.3) is 11.3 Å². The quantitative estimate of drug-likeness (QED) is 0.790. The molecule has 0 aliphatic heterocycles. The van der Waals surface area contributed by atoms with Crippen molar-refractivity contribution in [2.24, 2.45) is 0 Å². The third kappa shape index (κ3) is 3.39. The van der Waals surface area contributed by atoms with Gasteiger partial charge in [0, 0.05) is 15.8 Å². The molecule has 1 N–H and O–H groups in total. The first-order valence-electron chi connectivity index (χ1n) is 6.53. The topological polar surface area (TPSA) is 65.8 Å². The Labute approximate surface area is 135 Å². The molecule has 0 atom stereocenters. The molecular weight excluding hydrogens is 314 g/mol. The highest BCUT2D eigenvalue weighted by Crippen LogP contribution is 2.25. The number of nitriles is 1. The van der Waals surface area contributed by atoms with Crippen LogP contribution in [0.1, 0.15) is 10.4 Å². The van der Waals surface area contributed by atoms with Gasteiger partial charge in [-0.3, -0.25) is 4.79 Å². The molecule has 0 aliphatic rings. The van der Waals surface area contributed by atoms with Crippen molar-refractivity contribution in [2.75, 3.05) is 5.32 Å². The smallest absolute Gasteiger partial charge is 0.231 e. The minimum atomic E-state index is -0.0665. The van der Waals surface area contributed by atoms with E-state index in [2.05, 4.69) is 16.4 Å². The lowest BCUT2D eigenvalue weighted by Gasteiger charge is -1.99. The van der Waals surface area contributed by atoms with E-state index in [1.807, 2.05) is 35.0 Å². The zero-order valence-electron chi connectivity index (χ0n) is 11.4.